The van der Waals surface area contributed by atoms with E-state index >= 15 is 0 Å². The predicted molar refractivity (Wildman–Crippen MR) is 103 cm³/mol. The van der Waals surface area contributed by atoms with Crippen LogP contribution in [0.1, 0.15) is 33.6 Å². The molecule has 160 valence electrons. The number of carboxylic acids is 2. The number of carbonyl (C=O) groups is 3. The zero-order valence-corrected chi connectivity index (χ0v) is 15.9. The van der Waals surface area contributed by atoms with Gasteiger partial charge in [-0.3, -0.25) is 19.0 Å². The van der Waals surface area contributed by atoms with E-state index in [1.807, 2.05) is 0 Å². The van der Waals surface area contributed by atoms with Gasteiger partial charge in [0.15, 0.2) is 5.41 Å². The molecule has 0 spiro atoms. The first kappa shape index (κ1) is 20.6. The summed E-state index contributed by atoms with van der Waals surface area (Å²) >= 11 is 0. The van der Waals surface area contributed by atoms with Crippen LogP contribution in [-0.2, 0) is 28.6 Å². The number of nitrogens with zero attached hydrogens (tertiary/aromatic N) is 1. The van der Waals surface area contributed by atoms with Gasteiger partial charge in [-0.2, -0.15) is 13.2 Å². The number of hydrogen-bond acceptors (Lipinski definition) is 3. The molecule has 0 atom stereocenters. The topological polar surface area (TPSA) is 96.6 Å². The number of aliphatic carboxylic acids is 2. The number of carbonyl (C=O) groups excluding carboxylic acids is 1. The van der Waals surface area contributed by atoms with Crippen molar-refractivity contribution in [3.63, 3.8) is 0 Å². The van der Waals surface area contributed by atoms with Crippen molar-refractivity contribution in [3.8, 4) is 0 Å². The first-order valence-electron chi connectivity index (χ1n) is 9.36. The van der Waals surface area contributed by atoms with Gasteiger partial charge < -0.3 is 10.2 Å². The van der Waals surface area contributed by atoms with Crippen molar-refractivity contribution in [1.82, 2.24) is 4.57 Å². The number of alkyl halides is 3. The van der Waals surface area contributed by atoms with Crippen LogP contribution in [0.3, 0.4) is 0 Å². The van der Waals surface area contributed by atoms with Gasteiger partial charge in [0.25, 0.3) is 5.91 Å². The quantitative estimate of drug-likeness (QED) is 0.612. The van der Waals surface area contributed by atoms with Crippen molar-refractivity contribution in [2.24, 2.45) is 5.41 Å². The zero-order chi connectivity index (χ0) is 22.6. The molecule has 9 heteroatoms. The van der Waals surface area contributed by atoms with E-state index in [4.69, 9.17) is 0 Å². The molecule has 0 saturated heterocycles. The van der Waals surface area contributed by atoms with Gasteiger partial charge in [0.05, 0.1) is 11.1 Å². The highest BCUT2D eigenvalue weighted by Gasteiger charge is 2.50. The van der Waals surface area contributed by atoms with Gasteiger partial charge in [0.2, 0.25) is 0 Å². The molecule has 1 aromatic heterocycles. The Kier molecular flexibility index (Phi) is 4.64. The summed E-state index contributed by atoms with van der Waals surface area (Å²) < 4.78 is 40.6. The molecule has 1 heterocycles. The lowest BCUT2D eigenvalue weighted by Crippen LogP contribution is -2.44. The van der Waals surface area contributed by atoms with Crippen molar-refractivity contribution < 1.29 is 37.8 Å². The molecule has 0 radical (unpaired) electrons. The Bertz CT molecular complexity index is 1230. The minimum atomic E-state index is -4.61. The molecular formula is C22H16F3NO5. The van der Waals surface area contributed by atoms with Gasteiger partial charge in [0, 0.05) is 23.1 Å². The summed E-state index contributed by atoms with van der Waals surface area (Å²) in [7, 11) is 0. The molecular weight excluding hydrogens is 415 g/mol. The molecule has 6 nitrogen and oxygen atoms in total. The van der Waals surface area contributed by atoms with Crippen molar-refractivity contribution in [1.29, 1.82) is 0 Å². The fraction of sp³-hybridized carbons (Fsp3) is 0.227. The van der Waals surface area contributed by atoms with Crippen LogP contribution < -0.4 is 0 Å². The van der Waals surface area contributed by atoms with Gasteiger partial charge in [-0.15, -0.1) is 0 Å². The highest BCUT2D eigenvalue weighted by atomic mass is 19.4. The normalized spacial score (nSPS) is 15.5. The molecule has 1 aliphatic carbocycles. The molecule has 4 rings (SSSR count). The van der Waals surface area contributed by atoms with Crippen LogP contribution in [0, 0.1) is 5.41 Å². The van der Waals surface area contributed by atoms with Gasteiger partial charge in [-0.25, -0.2) is 0 Å². The van der Waals surface area contributed by atoms with Crippen molar-refractivity contribution >= 4 is 28.7 Å². The van der Waals surface area contributed by atoms with Crippen molar-refractivity contribution in [2.45, 2.75) is 25.4 Å². The summed E-state index contributed by atoms with van der Waals surface area (Å²) in [4.78, 5) is 36.9. The third-order valence-electron chi connectivity index (χ3n) is 5.81. The highest BCUT2D eigenvalue weighted by Crippen LogP contribution is 2.41. The Morgan fingerprint density at radius 1 is 0.968 bits per heavy atom. The van der Waals surface area contributed by atoms with Crippen molar-refractivity contribution in [3.05, 3.63) is 70.9 Å². The molecule has 0 aliphatic heterocycles. The molecule has 31 heavy (non-hydrogen) atoms. The molecule has 2 aromatic carbocycles. The lowest BCUT2D eigenvalue weighted by Gasteiger charge is -2.29. The fourth-order valence-electron chi connectivity index (χ4n) is 4.19. The largest absolute Gasteiger partial charge is 0.480 e. The molecule has 0 saturated carbocycles. The van der Waals surface area contributed by atoms with Crippen LogP contribution in [0.2, 0.25) is 0 Å². The second-order valence-corrected chi connectivity index (χ2v) is 7.53. The maximum absolute atomic E-state index is 13.3. The third-order valence-corrected chi connectivity index (χ3v) is 5.81. The smallest absolute Gasteiger partial charge is 0.416 e. The fourth-order valence-corrected chi connectivity index (χ4v) is 4.19. The molecule has 3 aromatic rings. The van der Waals surface area contributed by atoms with E-state index in [0.717, 1.165) is 18.2 Å². The SMILES string of the molecule is O=C(c1cccc(C(F)(F)F)c1)n1c2c(c3ccccc31)CC(C(=O)O)(C(=O)O)CC2. The molecule has 1 aliphatic rings. The lowest BCUT2D eigenvalue weighted by atomic mass is 9.72. The van der Waals surface area contributed by atoms with Gasteiger partial charge >= 0.3 is 18.1 Å². The van der Waals surface area contributed by atoms with E-state index < -0.39 is 35.0 Å². The second-order valence-electron chi connectivity index (χ2n) is 7.53. The average Bonchev–Trinajstić information content (AvgIpc) is 3.05. The van der Waals surface area contributed by atoms with Crippen LogP contribution in [0.5, 0.6) is 0 Å². The average molecular weight is 431 g/mol. The van der Waals surface area contributed by atoms with Crippen LogP contribution in [0.25, 0.3) is 10.9 Å². The minimum absolute atomic E-state index is 0.0205. The summed E-state index contributed by atoms with van der Waals surface area (Å²) in [6.45, 7) is 0. The van der Waals surface area contributed by atoms with Crippen molar-refractivity contribution in [2.75, 3.05) is 0 Å². The first-order chi connectivity index (χ1) is 14.6. The number of para-hydroxylation sites is 1. The Morgan fingerprint density at radius 3 is 2.29 bits per heavy atom. The van der Waals surface area contributed by atoms with Gasteiger partial charge in [0.1, 0.15) is 0 Å². The standard InChI is InChI=1S/C22H16F3NO5/c23-22(24,25)13-5-3-4-12(10-13)18(27)26-16-7-2-1-6-14(16)15-11-21(19(28)29,20(30)31)9-8-17(15)26/h1-7,10H,8-9,11H2,(H,28,29)(H,30,31). The summed E-state index contributed by atoms with van der Waals surface area (Å²) in [6.07, 6.45) is -5.20. The maximum atomic E-state index is 13.3. The predicted octanol–water partition coefficient (Wildman–Crippen LogP) is 3.99. The monoisotopic (exact) mass is 431 g/mol. The Hall–Kier alpha value is -3.62. The van der Waals surface area contributed by atoms with Gasteiger partial charge in [-0.1, -0.05) is 24.3 Å². The van der Waals surface area contributed by atoms with E-state index in [1.54, 1.807) is 24.3 Å². The summed E-state index contributed by atoms with van der Waals surface area (Å²) in [5, 5.41) is 19.7. The van der Waals surface area contributed by atoms with Crippen LogP contribution in [-0.4, -0.2) is 32.6 Å². The number of carboxylic acid groups (broad SMARTS) is 2. The second kappa shape index (κ2) is 6.97. The Labute approximate surface area is 173 Å². The van der Waals surface area contributed by atoms with E-state index in [2.05, 4.69) is 0 Å². The van der Waals surface area contributed by atoms with Crippen LogP contribution in [0.15, 0.2) is 48.5 Å². The van der Waals surface area contributed by atoms with E-state index in [1.165, 1.54) is 10.6 Å². The third kappa shape index (κ3) is 3.17. The Balaban J connectivity index is 1.90. The molecule has 2 N–H and O–H groups in total. The molecule has 0 unspecified atom stereocenters. The maximum Gasteiger partial charge on any atom is 0.416 e. The highest BCUT2D eigenvalue weighted by molar-refractivity contribution is 6.05. The van der Waals surface area contributed by atoms with Crippen LogP contribution >= 0.6 is 0 Å². The zero-order valence-electron chi connectivity index (χ0n) is 15.9. The summed E-state index contributed by atoms with van der Waals surface area (Å²) in [5.74, 6) is -3.62. The number of halogens is 3. The number of rotatable bonds is 3. The molecule has 0 bridgehead atoms. The van der Waals surface area contributed by atoms with E-state index in [9.17, 15) is 37.8 Å². The number of fused-ring (bicyclic) bond motifs is 3. The molecule has 0 fully saturated rings. The number of benzene rings is 2. The number of hydrogen-bond donors (Lipinski definition) is 2. The first-order valence-corrected chi connectivity index (χ1v) is 9.36. The number of aromatic nitrogens is 1. The van der Waals surface area contributed by atoms with Gasteiger partial charge in [-0.05, 0) is 42.7 Å². The van der Waals surface area contributed by atoms with Crippen LogP contribution in [0.4, 0.5) is 13.2 Å². The summed E-state index contributed by atoms with van der Waals surface area (Å²) in [5.41, 5.74) is -1.94. The summed E-state index contributed by atoms with van der Waals surface area (Å²) in [6, 6.07) is 10.6. The van der Waals surface area contributed by atoms with E-state index in [0.29, 0.717) is 22.2 Å². The molecule has 0 amide bonds. The minimum Gasteiger partial charge on any atom is -0.480 e. The lowest BCUT2D eigenvalue weighted by molar-refractivity contribution is -0.165. The van der Waals surface area contributed by atoms with E-state index in [-0.39, 0.29) is 24.8 Å². The Morgan fingerprint density at radius 2 is 1.65 bits per heavy atom.